The zero-order chi connectivity index (χ0) is 9.56. The fourth-order valence-electron chi connectivity index (χ4n) is 0.689. The number of halogens is 1. The van der Waals surface area contributed by atoms with Crippen molar-refractivity contribution >= 4 is 17.6 Å². The van der Waals surface area contributed by atoms with Gasteiger partial charge in [0, 0.05) is 18.0 Å². The number of carboxylic acid groups (broad SMARTS) is 1. The first-order valence-corrected chi connectivity index (χ1v) is 4.00. The van der Waals surface area contributed by atoms with Gasteiger partial charge < -0.3 is 10.8 Å². The van der Waals surface area contributed by atoms with E-state index >= 15 is 0 Å². The Morgan fingerprint density at radius 3 is 2.83 bits per heavy atom. The first-order chi connectivity index (χ1) is 5.57. The molecule has 0 heterocycles. The van der Waals surface area contributed by atoms with Gasteiger partial charge in [-0.25, -0.2) is 0 Å². The summed E-state index contributed by atoms with van der Waals surface area (Å²) in [5, 5.41) is 8.35. The second-order valence-corrected chi connectivity index (χ2v) is 2.69. The Balaban J connectivity index is 3.96. The summed E-state index contributed by atoms with van der Waals surface area (Å²) in [4.78, 5) is 10.2. The van der Waals surface area contributed by atoms with Crippen molar-refractivity contribution in [3.05, 3.63) is 16.8 Å². The van der Waals surface area contributed by atoms with Crippen molar-refractivity contribution in [1.29, 1.82) is 0 Å². The van der Waals surface area contributed by atoms with E-state index in [0.29, 0.717) is 6.42 Å². The monoisotopic (exact) mass is 189 g/mol. The highest BCUT2D eigenvalue weighted by Crippen LogP contribution is 2.04. The van der Waals surface area contributed by atoms with E-state index in [2.05, 4.69) is 5.73 Å². The minimum atomic E-state index is -0.840. The van der Waals surface area contributed by atoms with Gasteiger partial charge >= 0.3 is 5.97 Å². The predicted octanol–water partition coefficient (Wildman–Crippen LogP) is 1.48. The summed E-state index contributed by atoms with van der Waals surface area (Å²) in [5.74, 6) is -0.840. The van der Waals surface area contributed by atoms with Crippen LogP contribution in [0.4, 0.5) is 0 Å². The van der Waals surface area contributed by atoms with Crippen molar-refractivity contribution < 1.29 is 9.90 Å². The molecule has 1 unspecified atom stereocenters. The third kappa shape index (κ3) is 4.97. The van der Waals surface area contributed by atoms with Crippen LogP contribution in [0.25, 0.3) is 0 Å². The summed E-state index contributed by atoms with van der Waals surface area (Å²) in [5.41, 5.74) is 10.3. The molecule has 0 saturated carbocycles. The zero-order valence-electron chi connectivity index (χ0n) is 6.88. The Morgan fingerprint density at radius 1 is 1.83 bits per heavy atom. The molecule has 0 spiro atoms. The summed E-state index contributed by atoms with van der Waals surface area (Å²) >= 11 is 5.27. The van der Waals surface area contributed by atoms with Crippen LogP contribution < -0.4 is 5.73 Å². The summed E-state index contributed by atoms with van der Waals surface area (Å²) in [7, 11) is 0. The van der Waals surface area contributed by atoms with Gasteiger partial charge in [0.25, 0.3) is 0 Å². The van der Waals surface area contributed by atoms with Crippen molar-refractivity contribution in [2.45, 2.75) is 25.8 Å². The van der Waals surface area contributed by atoms with Gasteiger partial charge in [-0.3, -0.25) is 4.79 Å². The molecule has 0 radical (unpaired) electrons. The van der Waals surface area contributed by atoms with Crippen molar-refractivity contribution in [2.75, 3.05) is 0 Å². The lowest BCUT2D eigenvalue weighted by atomic mass is 10.1. The molecule has 0 aliphatic rings. The van der Waals surface area contributed by atoms with Crippen molar-refractivity contribution in [3.63, 3.8) is 0 Å². The lowest BCUT2D eigenvalue weighted by Crippen LogP contribution is -2.21. The quantitative estimate of drug-likeness (QED) is 0.659. The van der Waals surface area contributed by atoms with E-state index in [4.69, 9.17) is 22.4 Å². The van der Waals surface area contributed by atoms with Gasteiger partial charge in [0.15, 0.2) is 0 Å². The van der Waals surface area contributed by atoms with E-state index in [0.717, 1.165) is 5.57 Å². The largest absolute Gasteiger partial charge is 0.481 e. The summed E-state index contributed by atoms with van der Waals surface area (Å²) < 4.78 is 0. The van der Waals surface area contributed by atoms with E-state index < -0.39 is 5.97 Å². The molecule has 0 aliphatic heterocycles. The normalized spacial score (nSPS) is 11.6. The highest BCUT2D eigenvalue weighted by atomic mass is 35.5. The second kappa shape index (κ2) is 5.84. The lowest BCUT2D eigenvalue weighted by molar-refractivity contribution is -0.137. The molecule has 0 saturated heterocycles. The van der Waals surface area contributed by atoms with Crippen LogP contribution in [-0.2, 0) is 4.79 Å². The lowest BCUT2D eigenvalue weighted by Gasteiger charge is -2.07. The molecule has 0 aromatic carbocycles. The maximum atomic E-state index is 10.2. The number of nitrogens with two attached hydrogens (primary N) is 1. The SMILES string of the molecule is CC(=C=CCl)C(N)CCC(=O)O. The average molecular weight is 190 g/mol. The Hall–Kier alpha value is -0.760. The third-order valence-electron chi connectivity index (χ3n) is 1.51. The number of carboxylic acids is 1. The Bertz CT molecular complexity index is 219. The zero-order valence-corrected chi connectivity index (χ0v) is 7.64. The van der Waals surface area contributed by atoms with E-state index in [1.165, 1.54) is 5.54 Å². The van der Waals surface area contributed by atoms with Gasteiger partial charge in [0.2, 0.25) is 0 Å². The topological polar surface area (TPSA) is 63.3 Å². The molecule has 12 heavy (non-hydrogen) atoms. The minimum Gasteiger partial charge on any atom is -0.481 e. The molecule has 0 aromatic heterocycles. The van der Waals surface area contributed by atoms with Gasteiger partial charge in [-0.2, -0.15) is 0 Å². The molecule has 4 heteroatoms. The van der Waals surface area contributed by atoms with E-state index in [-0.39, 0.29) is 12.5 Å². The molecular formula is C8H12ClNO2. The summed E-state index contributed by atoms with van der Waals surface area (Å²) in [6.07, 6.45) is 0.487. The molecule has 1 atom stereocenters. The number of hydrogen-bond donors (Lipinski definition) is 2. The van der Waals surface area contributed by atoms with Crippen molar-refractivity contribution in [3.8, 4) is 0 Å². The van der Waals surface area contributed by atoms with Crippen LogP contribution in [0, 0.1) is 0 Å². The van der Waals surface area contributed by atoms with Crippen LogP contribution >= 0.6 is 11.6 Å². The standard InChI is InChI=1S/C8H12ClNO2/c1-6(4-5-9)7(10)2-3-8(11)12/h5,7H,2-3,10H2,1H3,(H,11,12). The summed E-state index contributed by atoms with van der Waals surface area (Å²) in [6.45, 7) is 1.77. The summed E-state index contributed by atoms with van der Waals surface area (Å²) in [6, 6.07) is -0.268. The molecule has 3 nitrogen and oxygen atoms in total. The highest BCUT2D eigenvalue weighted by Gasteiger charge is 2.06. The molecule has 0 rings (SSSR count). The van der Waals surface area contributed by atoms with Crippen molar-refractivity contribution in [1.82, 2.24) is 0 Å². The Labute approximate surface area is 76.5 Å². The fourth-order valence-corrected chi connectivity index (χ4v) is 0.861. The highest BCUT2D eigenvalue weighted by molar-refractivity contribution is 6.25. The smallest absolute Gasteiger partial charge is 0.303 e. The number of aliphatic carboxylic acids is 1. The molecule has 3 N–H and O–H groups in total. The fraction of sp³-hybridized carbons (Fsp3) is 0.500. The van der Waals surface area contributed by atoms with Gasteiger partial charge in [-0.05, 0) is 18.9 Å². The number of carbonyl (C=O) groups is 1. The second-order valence-electron chi connectivity index (χ2n) is 2.48. The van der Waals surface area contributed by atoms with Crippen LogP contribution in [-0.4, -0.2) is 17.1 Å². The molecule has 0 aromatic rings. The van der Waals surface area contributed by atoms with Crippen LogP contribution in [0.2, 0.25) is 0 Å². The molecule has 68 valence electrons. The first kappa shape index (κ1) is 11.2. The van der Waals surface area contributed by atoms with Gasteiger partial charge in [0.1, 0.15) is 0 Å². The molecule has 0 amide bonds. The minimum absolute atomic E-state index is 0.0719. The molecule has 0 aliphatic carbocycles. The van der Waals surface area contributed by atoms with Gasteiger partial charge in [-0.1, -0.05) is 11.6 Å². The van der Waals surface area contributed by atoms with Gasteiger partial charge in [0.05, 0.1) is 0 Å². The van der Waals surface area contributed by atoms with E-state index in [1.54, 1.807) is 6.92 Å². The van der Waals surface area contributed by atoms with E-state index in [9.17, 15) is 4.79 Å². The Morgan fingerprint density at radius 2 is 2.42 bits per heavy atom. The Kier molecular flexibility index (Phi) is 5.47. The maximum absolute atomic E-state index is 10.2. The van der Waals surface area contributed by atoms with Crippen molar-refractivity contribution in [2.24, 2.45) is 5.73 Å². The van der Waals surface area contributed by atoms with Crippen LogP contribution in [0.1, 0.15) is 19.8 Å². The number of hydrogen-bond acceptors (Lipinski definition) is 2. The maximum Gasteiger partial charge on any atom is 0.303 e. The molecule has 0 fully saturated rings. The van der Waals surface area contributed by atoms with Gasteiger partial charge in [-0.15, -0.1) is 5.73 Å². The van der Waals surface area contributed by atoms with Crippen LogP contribution in [0.3, 0.4) is 0 Å². The predicted molar refractivity (Wildman–Crippen MR) is 48.0 cm³/mol. The number of rotatable bonds is 4. The third-order valence-corrected chi connectivity index (χ3v) is 1.62. The molecule has 0 bridgehead atoms. The van der Waals surface area contributed by atoms with E-state index in [1.807, 2.05) is 0 Å². The van der Waals surface area contributed by atoms with Crippen LogP contribution in [0.15, 0.2) is 16.8 Å². The van der Waals surface area contributed by atoms with Crippen LogP contribution in [0.5, 0.6) is 0 Å². The first-order valence-electron chi connectivity index (χ1n) is 3.57. The molecular weight excluding hydrogens is 178 g/mol. The average Bonchev–Trinajstić information content (AvgIpc) is 2.00.